The second-order valence-corrected chi connectivity index (χ2v) is 9.03. The van der Waals surface area contributed by atoms with Gasteiger partial charge in [0.05, 0.1) is 5.56 Å². The average molecular weight is 383 g/mol. The number of halogens is 2. The van der Waals surface area contributed by atoms with Crippen LogP contribution in [0.3, 0.4) is 0 Å². The summed E-state index contributed by atoms with van der Waals surface area (Å²) in [5.41, 5.74) is 2.78. The lowest BCUT2D eigenvalue weighted by atomic mass is 9.63. The molecule has 2 heteroatoms. The minimum Gasteiger partial charge on any atom is -0.206 e. The molecular formula is C26H32F2. The van der Waals surface area contributed by atoms with Crippen LogP contribution in [0.15, 0.2) is 36.4 Å². The summed E-state index contributed by atoms with van der Waals surface area (Å²) in [6.45, 7) is 4.38. The van der Waals surface area contributed by atoms with Crippen LogP contribution < -0.4 is 0 Å². The van der Waals surface area contributed by atoms with Gasteiger partial charge in [0.15, 0.2) is 0 Å². The molecule has 28 heavy (non-hydrogen) atoms. The van der Waals surface area contributed by atoms with Crippen LogP contribution >= 0.6 is 0 Å². The summed E-state index contributed by atoms with van der Waals surface area (Å²) < 4.78 is 29.8. The van der Waals surface area contributed by atoms with Crippen LogP contribution in [0.2, 0.25) is 0 Å². The SMILES string of the molecule is CCc1ccc(-c2c(F)cc(C3CCC4CC(CC)CCC4C3)cc2F)cc1. The van der Waals surface area contributed by atoms with Crippen molar-refractivity contribution in [3.05, 3.63) is 59.2 Å². The zero-order valence-electron chi connectivity index (χ0n) is 17.2. The van der Waals surface area contributed by atoms with Gasteiger partial charge in [-0.05, 0) is 91.0 Å². The van der Waals surface area contributed by atoms with Crippen molar-refractivity contribution in [1.82, 2.24) is 0 Å². The summed E-state index contributed by atoms with van der Waals surface area (Å²) >= 11 is 0. The highest BCUT2D eigenvalue weighted by molar-refractivity contribution is 5.65. The minimum atomic E-state index is -0.420. The van der Waals surface area contributed by atoms with Gasteiger partial charge in [0.1, 0.15) is 11.6 Å². The van der Waals surface area contributed by atoms with E-state index in [0.717, 1.165) is 42.6 Å². The third kappa shape index (κ3) is 3.88. The predicted octanol–water partition coefficient (Wildman–Crippen LogP) is 7.90. The van der Waals surface area contributed by atoms with Crippen LogP contribution in [0.5, 0.6) is 0 Å². The van der Waals surface area contributed by atoms with E-state index >= 15 is 0 Å². The van der Waals surface area contributed by atoms with Crippen molar-refractivity contribution < 1.29 is 8.78 Å². The van der Waals surface area contributed by atoms with Gasteiger partial charge in [-0.1, -0.05) is 51.0 Å². The van der Waals surface area contributed by atoms with Crippen LogP contribution in [0.4, 0.5) is 8.78 Å². The third-order valence-corrected chi connectivity index (χ3v) is 7.49. The Kier molecular flexibility index (Phi) is 5.85. The average Bonchev–Trinajstić information content (AvgIpc) is 2.73. The van der Waals surface area contributed by atoms with Gasteiger partial charge >= 0.3 is 0 Å². The van der Waals surface area contributed by atoms with E-state index in [0.29, 0.717) is 11.5 Å². The van der Waals surface area contributed by atoms with Crippen molar-refractivity contribution in [3.8, 4) is 11.1 Å². The van der Waals surface area contributed by atoms with E-state index in [2.05, 4.69) is 13.8 Å². The lowest BCUT2D eigenvalue weighted by molar-refractivity contribution is 0.116. The molecule has 0 bridgehead atoms. The monoisotopic (exact) mass is 382 g/mol. The summed E-state index contributed by atoms with van der Waals surface area (Å²) in [4.78, 5) is 0. The largest absolute Gasteiger partial charge is 0.206 e. The van der Waals surface area contributed by atoms with Crippen molar-refractivity contribution in [3.63, 3.8) is 0 Å². The Bertz CT molecular complexity index is 785. The van der Waals surface area contributed by atoms with Gasteiger partial charge in [0, 0.05) is 0 Å². The Labute approximate surface area is 168 Å². The van der Waals surface area contributed by atoms with Crippen LogP contribution in [0.1, 0.15) is 75.8 Å². The topological polar surface area (TPSA) is 0 Å². The summed E-state index contributed by atoms with van der Waals surface area (Å²) in [5.74, 6) is 1.94. The number of hydrogen-bond acceptors (Lipinski definition) is 0. The fourth-order valence-corrected chi connectivity index (χ4v) is 5.67. The Balaban J connectivity index is 1.53. The number of fused-ring (bicyclic) bond motifs is 1. The smallest absolute Gasteiger partial charge is 0.134 e. The molecule has 0 aromatic heterocycles. The number of benzene rings is 2. The molecule has 0 radical (unpaired) electrons. The molecule has 0 aliphatic heterocycles. The highest BCUT2D eigenvalue weighted by atomic mass is 19.1. The van der Waals surface area contributed by atoms with Crippen molar-refractivity contribution in [2.24, 2.45) is 17.8 Å². The standard InChI is InChI=1S/C26H32F2/c1-3-17-5-8-19(9-6-17)26-24(27)15-23(16-25(26)28)22-12-11-20-13-18(4-2)7-10-21(20)14-22/h5-6,8-9,15-16,18,20-22H,3-4,7,10-14H2,1-2H3. The van der Waals surface area contributed by atoms with Gasteiger partial charge in [-0.2, -0.15) is 0 Å². The quantitative estimate of drug-likeness (QED) is 0.504. The first kappa shape index (κ1) is 19.6. The van der Waals surface area contributed by atoms with Gasteiger partial charge < -0.3 is 0 Å². The highest BCUT2D eigenvalue weighted by Gasteiger charge is 2.35. The van der Waals surface area contributed by atoms with Gasteiger partial charge in [0.25, 0.3) is 0 Å². The first-order chi connectivity index (χ1) is 13.6. The Hall–Kier alpha value is -1.70. The maximum absolute atomic E-state index is 14.9. The summed E-state index contributed by atoms with van der Waals surface area (Å²) in [7, 11) is 0. The van der Waals surface area contributed by atoms with E-state index in [1.54, 1.807) is 12.1 Å². The van der Waals surface area contributed by atoms with Crippen LogP contribution in [0.25, 0.3) is 11.1 Å². The third-order valence-electron chi connectivity index (χ3n) is 7.49. The number of hydrogen-bond donors (Lipinski definition) is 0. The molecule has 0 heterocycles. The summed E-state index contributed by atoms with van der Waals surface area (Å²) in [6.07, 6.45) is 9.60. The van der Waals surface area contributed by atoms with E-state index in [1.807, 2.05) is 24.3 Å². The molecule has 0 spiro atoms. The van der Waals surface area contributed by atoms with Crippen molar-refractivity contribution in [2.45, 2.75) is 71.1 Å². The van der Waals surface area contributed by atoms with Gasteiger partial charge in [-0.3, -0.25) is 0 Å². The second kappa shape index (κ2) is 8.35. The van der Waals surface area contributed by atoms with Crippen molar-refractivity contribution >= 4 is 0 Å². The highest BCUT2D eigenvalue weighted by Crippen LogP contribution is 2.48. The first-order valence-corrected chi connectivity index (χ1v) is 11.2. The Morgan fingerprint density at radius 3 is 2.11 bits per heavy atom. The zero-order valence-corrected chi connectivity index (χ0v) is 17.2. The molecule has 2 aliphatic carbocycles. The van der Waals surface area contributed by atoms with Crippen LogP contribution in [-0.2, 0) is 6.42 Å². The fourth-order valence-electron chi connectivity index (χ4n) is 5.67. The molecule has 0 nitrogen and oxygen atoms in total. The minimum absolute atomic E-state index is 0.114. The fraction of sp³-hybridized carbons (Fsp3) is 0.538. The molecule has 4 atom stereocenters. The predicted molar refractivity (Wildman–Crippen MR) is 112 cm³/mol. The Morgan fingerprint density at radius 1 is 0.821 bits per heavy atom. The molecule has 2 saturated carbocycles. The Morgan fingerprint density at radius 2 is 1.46 bits per heavy atom. The molecule has 150 valence electrons. The van der Waals surface area contributed by atoms with E-state index in [9.17, 15) is 8.78 Å². The maximum atomic E-state index is 14.9. The van der Waals surface area contributed by atoms with Gasteiger partial charge in [-0.25, -0.2) is 8.78 Å². The number of aryl methyl sites for hydroxylation is 1. The van der Waals surface area contributed by atoms with E-state index in [4.69, 9.17) is 0 Å². The van der Waals surface area contributed by atoms with Crippen LogP contribution in [0, 0.1) is 29.4 Å². The van der Waals surface area contributed by atoms with Crippen molar-refractivity contribution in [1.29, 1.82) is 0 Å². The molecular weight excluding hydrogens is 350 g/mol. The maximum Gasteiger partial charge on any atom is 0.134 e. The molecule has 2 aliphatic rings. The van der Waals surface area contributed by atoms with E-state index < -0.39 is 11.6 Å². The molecule has 0 N–H and O–H groups in total. The molecule has 2 fully saturated rings. The number of rotatable bonds is 4. The zero-order chi connectivity index (χ0) is 19.7. The molecule has 0 amide bonds. The molecule has 4 rings (SSSR count). The van der Waals surface area contributed by atoms with Crippen LogP contribution in [-0.4, -0.2) is 0 Å². The van der Waals surface area contributed by atoms with Crippen molar-refractivity contribution in [2.75, 3.05) is 0 Å². The van der Waals surface area contributed by atoms with Gasteiger partial charge in [0.2, 0.25) is 0 Å². The molecule has 2 aromatic carbocycles. The molecule has 4 unspecified atom stereocenters. The second-order valence-electron chi connectivity index (χ2n) is 9.03. The van der Waals surface area contributed by atoms with Gasteiger partial charge in [-0.15, -0.1) is 0 Å². The first-order valence-electron chi connectivity index (χ1n) is 11.2. The normalized spacial score (nSPS) is 27.4. The molecule has 0 saturated heterocycles. The summed E-state index contributed by atoms with van der Waals surface area (Å²) in [5, 5.41) is 0. The molecule has 2 aromatic rings. The summed E-state index contributed by atoms with van der Waals surface area (Å²) in [6, 6.07) is 10.8. The van der Waals surface area contributed by atoms with E-state index in [1.165, 1.54) is 37.7 Å². The lowest BCUT2D eigenvalue weighted by Gasteiger charge is -2.42. The lowest BCUT2D eigenvalue weighted by Crippen LogP contribution is -2.30. The van der Waals surface area contributed by atoms with E-state index in [-0.39, 0.29) is 5.56 Å².